The number of rotatable bonds is 7. The van der Waals surface area contributed by atoms with Gasteiger partial charge in [-0.25, -0.2) is 19.8 Å². The third kappa shape index (κ3) is 7.49. The monoisotopic (exact) mass is 701 g/mol. The molecule has 1 aliphatic carbocycles. The lowest BCUT2D eigenvalue weighted by Crippen LogP contribution is -2.41. The van der Waals surface area contributed by atoms with Gasteiger partial charge in [0.05, 0.1) is 17.4 Å². The van der Waals surface area contributed by atoms with Crippen molar-refractivity contribution in [3.05, 3.63) is 58.5 Å². The van der Waals surface area contributed by atoms with E-state index in [4.69, 9.17) is 23.3 Å². The normalized spacial score (nSPS) is 21.0. The Morgan fingerprint density at radius 1 is 1.18 bits per heavy atom. The Bertz CT molecular complexity index is 1920. The highest BCUT2D eigenvalue weighted by Gasteiger charge is 2.49. The van der Waals surface area contributed by atoms with Crippen LogP contribution in [0.2, 0.25) is 0 Å². The molecule has 0 fully saturated rings. The Labute approximate surface area is 295 Å². The first-order chi connectivity index (χ1) is 23.9. The van der Waals surface area contributed by atoms with E-state index in [1.54, 1.807) is 34.6 Å². The van der Waals surface area contributed by atoms with Crippen LogP contribution < -0.4 is 5.32 Å². The molecule has 0 radical (unpaired) electrons. The molecular formula is C37H43N5O9. The number of aliphatic imine (C=N–C) groups is 1. The molecule has 51 heavy (non-hydrogen) atoms. The molecule has 0 saturated heterocycles. The number of carbonyl (C=O) groups excluding carboxylic acids is 4. The summed E-state index contributed by atoms with van der Waals surface area (Å²) in [6, 6.07) is 7.24. The molecule has 1 aliphatic heterocycles. The molecule has 2 aromatic heterocycles. The van der Waals surface area contributed by atoms with E-state index in [9.17, 15) is 29.5 Å². The first-order valence-electron chi connectivity index (χ1n) is 16.8. The first-order valence-corrected chi connectivity index (χ1v) is 16.8. The van der Waals surface area contributed by atoms with Crippen LogP contribution in [0.4, 0.5) is 0 Å². The number of esters is 2. The molecule has 1 aromatic carbocycles. The number of carbonyl (C=O) groups is 4. The minimum Gasteiger partial charge on any atom is -0.442 e. The fourth-order valence-corrected chi connectivity index (χ4v) is 5.91. The maximum absolute atomic E-state index is 14.0. The number of aromatic nitrogens is 2. The van der Waals surface area contributed by atoms with Gasteiger partial charge in [0.1, 0.15) is 23.8 Å². The zero-order valence-electron chi connectivity index (χ0n) is 30.0. The van der Waals surface area contributed by atoms with Crippen molar-refractivity contribution in [1.82, 2.24) is 15.3 Å². The van der Waals surface area contributed by atoms with Gasteiger partial charge in [-0.1, -0.05) is 52.8 Å². The smallest absolute Gasteiger partial charge is 0.363 e. The lowest BCUT2D eigenvalue weighted by atomic mass is 9.79. The SMILES string of the molecule is CC(C)[C@H](O)C(=O)N=CC1Cc2ccc3c(c2)[C@](C#N)(CC3)c2oc(nc2-c2nc(C(=O)OCOC(=O)C(C)(C)C)co2)[C@H](C(C)(C)C)NC1=O. The van der Waals surface area contributed by atoms with Crippen LogP contribution in [0.3, 0.4) is 0 Å². The number of nitrogens with zero attached hydrogens (tertiary/aromatic N) is 4. The number of nitriles is 1. The van der Waals surface area contributed by atoms with Crippen molar-refractivity contribution in [2.75, 3.05) is 6.79 Å². The molecule has 0 saturated carbocycles. The summed E-state index contributed by atoms with van der Waals surface area (Å²) in [5, 5.41) is 24.2. The number of aryl methyl sites for hydroxylation is 1. The van der Waals surface area contributed by atoms with Gasteiger partial charge in [0.15, 0.2) is 17.1 Å². The summed E-state index contributed by atoms with van der Waals surface area (Å²) in [5.41, 5.74) is -0.707. The number of nitrogens with one attached hydrogen (secondary N) is 1. The van der Waals surface area contributed by atoms with E-state index >= 15 is 0 Å². The van der Waals surface area contributed by atoms with Gasteiger partial charge in [0, 0.05) is 6.21 Å². The lowest BCUT2D eigenvalue weighted by molar-refractivity contribution is -0.161. The summed E-state index contributed by atoms with van der Waals surface area (Å²) in [6.07, 6.45) is 2.05. The number of hydrogen-bond acceptors (Lipinski definition) is 12. The van der Waals surface area contributed by atoms with Gasteiger partial charge in [-0.3, -0.25) is 14.4 Å². The highest BCUT2D eigenvalue weighted by Crippen LogP contribution is 2.49. The maximum atomic E-state index is 14.0. The van der Waals surface area contributed by atoms with Gasteiger partial charge >= 0.3 is 11.9 Å². The maximum Gasteiger partial charge on any atom is 0.363 e. The van der Waals surface area contributed by atoms with Crippen LogP contribution in [0.1, 0.15) is 107 Å². The third-order valence-electron chi connectivity index (χ3n) is 8.99. The number of aliphatic hydroxyl groups is 1. The van der Waals surface area contributed by atoms with Gasteiger partial charge in [0.25, 0.3) is 5.91 Å². The quantitative estimate of drug-likeness (QED) is 0.194. The van der Waals surface area contributed by atoms with Crippen LogP contribution in [0.25, 0.3) is 11.6 Å². The Kier molecular flexibility index (Phi) is 10.1. The number of ether oxygens (including phenoxy) is 2. The molecule has 3 heterocycles. The van der Waals surface area contributed by atoms with Crippen molar-refractivity contribution in [3.8, 4) is 17.7 Å². The van der Waals surface area contributed by atoms with Crippen molar-refractivity contribution in [3.63, 3.8) is 0 Å². The van der Waals surface area contributed by atoms with Crippen LogP contribution in [-0.2, 0) is 42.1 Å². The minimum absolute atomic E-state index is 0.0668. The van der Waals surface area contributed by atoms with E-state index in [1.165, 1.54) is 6.21 Å². The zero-order chi connectivity index (χ0) is 37.5. The molecule has 1 unspecified atom stereocenters. The molecule has 14 nitrogen and oxygen atoms in total. The van der Waals surface area contributed by atoms with Gasteiger partial charge in [-0.05, 0) is 68.1 Å². The van der Waals surface area contributed by atoms with E-state index in [1.807, 2.05) is 39.0 Å². The molecule has 3 aromatic rings. The predicted molar refractivity (Wildman–Crippen MR) is 181 cm³/mol. The van der Waals surface area contributed by atoms with E-state index in [-0.39, 0.29) is 41.3 Å². The van der Waals surface area contributed by atoms with Crippen LogP contribution in [0, 0.1) is 34.0 Å². The molecule has 0 spiro atoms. The number of oxazole rings is 2. The van der Waals surface area contributed by atoms with E-state index < -0.39 is 64.9 Å². The highest BCUT2D eigenvalue weighted by atomic mass is 16.7. The Morgan fingerprint density at radius 2 is 1.90 bits per heavy atom. The van der Waals surface area contributed by atoms with Crippen molar-refractivity contribution in [2.24, 2.45) is 27.7 Å². The zero-order valence-corrected chi connectivity index (χ0v) is 30.0. The second-order valence-corrected chi connectivity index (χ2v) is 15.4. The highest BCUT2D eigenvalue weighted by molar-refractivity contribution is 5.98. The van der Waals surface area contributed by atoms with Gasteiger partial charge in [0.2, 0.25) is 24.5 Å². The summed E-state index contributed by atoms with van der Waals surface area (Å²) in [7, 11) is 0. The van der Waals surface area contributed by atoms with Crippen molar-refractivity contribution in [2.45, 2.75) is 92.2 Å². The Morgan fingerprint density at radius 3 is 2.55 bits per heavy atom. The molecule has 2 N–H and O–H groups in total. The molecule has 270 valence electrons. The van der Waals surface area contributed by atoms with Crippen LogP contribution in [-0.4, -0.2) is 57.9 Å². The Balaban J connectivity index is 1.59. The minimum atomic E-state index is -1.34. The predicted octanol–water partition coefficient (Wildman–Crippen LogP) is 4.78. The lowest BCUT2D eigenvalue weighted by Gasteiger charge is -2.30. The topological polar surface area (TPSA) is 207 Å². The van der Waals surface area contributed by atoms with E-state index in [2.05, 4.69) is 21.4 Å². The third-order valence-corrected chi connectivity index (χ3v) is 8.99. The summed E-state index contributed by atoms with van der Waals surface area (Å²) in [6.45, 7) is 13.4. The van der Waals surface area contributed by atoms with Crippen LogP contribution in [0.15, 0.2) is 38.3 Å². The number of aliphatic hydroxyl groups excluding tert-OH is 1. The number of hydrogen-bond donors (Lipinski definition) is 2. The van der Waals surface area contributed by atoms with Crippen molar-refractivity contribution in [1.29, 1.82) is 5.26 Å². The second kappa shape index (κ2) is 13.9. The van der Waals surface area contributed by atoms with Crippen LogP contribution >= 0.6 is 0 Å². The summed E-state index contributed by atoms with van der Waals surface area (Å²) in [5.74, 6) is -3.89. The summed E-state index contributed by atoms with van der Waals surface area (Å²) < 4.78 is 22.3. The molecule has 2 aliphatic rings. The van der Waals surface area contributed by atoms with E-state index in [0.717, 1.165) is 11.8 Å². The second-order valence-electron chi connectivity index (χ2n) is 15.4. The molecule has 4 atom stereocenters. The van der Waals surface area contributed by atoms with Gasteiger partial charge < -0.3 is 28.7 Å². The van der Waals surface area contributed by atoms with Crippen molar-refractivity contribution >= 4 is 30.0 Å². The van der Waals surface area contributed by atoms with Gasteiger partial charge in [-0.2, -0.15) is 5.26 Å². The molecule has 4 bridgehead atoms. The summed E-state index contributed by atoms with van der Waals surface area (Å²) >= 11 is 0. The molecule has 5 rings (SSSR count). The largest absolute Gasteiger partial charge is 0.442 e. The molecular weight excluding hydrogens is 658 g/mol. The molecule has 2 amide bonds. The summed E-state index contributed by atoms with van der Waals surface area (Å²) in [4.78, 5) is 64.5. The number of fused-ring (bicyclic) bond motifs is 4. The fraction of sp³-hybridized carbons (Fsp3) is 0.514. The molecule has 14 heteroatoms. The average molecular weight is 702 g/mol. The van der Waals surface area contributed by atoms with Crippen molar-refractivity contribution < 1.29 is 42.6 Å². The number of benzene rings is 1. The van der Waals surface area contributed by atoms with Gasteiger partial charge in [-0.15, -0.1) is 0 Å². The standard InChI is InChI=1S/C37H43N5O9/c1-19(2)26(43)30(45)39-15-22-13-20-9-10-21-11-12-37(17-38,23(21)14-20)28-25(41-32(51-28)27(35(3,4)5)42-29(22)44)31-40-24(16-48-31)33(46)49-18-50-34(47)36(6,7)8/h9-10,14-16,19,22,26-27,43H,11-13,18H2,1-8H3,(H,42,44)/t22?,26-,27+,37+/m0/s1. The fourth-order valence-electron chi connectivity index (χ4n) is 5.91. The van der Waals surface area contributed by atoms with Crippen LogP contribution in [0.5, 0.6) is 0 Å². The Hall–Kier alpha value is -5.16. The number of amides is 2. The average Bonchev–Trinajstić information content (AvgIpc) is 3.81. The van der Waals surface area contributed by atoms with E-state index in [0.29, 0.717) is 24.0 Å². The first kappa shape index (κ1) is 37.1.